The summed E-state index contributed by atoms with van der Waals surface area (Å²) in [5.74, 6) is 0.0611. The van der Waals surface area contributed by atoms with E-state index in [2.05, 4.69) is 11.4 Å². The zero-order valence-electron chi connectivity index (χ0n) is 15.1. The van der Waals surface area contributed by atoms with Gasteiger partial charge in [-0.05, 0) is 43.6 Å². The summed E-state index contributed by atoms with van der Waals surface area (Å²) in [5, 5.41) is 4.79. The molecule has 2 heterocycles. The lowest BCUT2D eigenvalue weighted by Crippen LogP contribution is -3.15. The van der Waals surface area contributed by atoms with Crippen LogP contribution in [0, 0.1) is 0 Å². The summed E-state index contributed by atoms with van der Waals surface area (Å²) in [5.41, 5.74) is 1.47. The van der Waals surface area contributed by atoms with Crippen LogP contribution in [0.1, 0.15) is 32.1 Å². The Labute approximate surface area is 159 Å². The Kier molecular flexibility index (Phi) is 6.86. The summed E-state index contributed by atoms with van der Waals surface area (Å²) in [7, 11) is -3.37. The molecule has 144 valence electrons. The molecule has 0 bridgehead atoms. The third kappa shape index (κ3) is 5.16. The van der Waals surface area contributed by atoms with Crippen LogP contribution in [0.4, 0.5) is 0 Å². The Morgan fingerprint density at radius 3 is 2.73 bits per heavy atom. The summed E-state index contributed by atoms with van der Waals surface area (Å²) < 4.78 is 27.0. The van der Waals surface area contributed by atoms with Gasteiger partial charge in [0.15, 0.2) is 6.54 Å². The molecule has 8 heteroatoms. The van der Waals surface area contributed by atoms with Gasteiger partial charge in [0, 0.05) is 6.54 Å². The Hall–Kier alpha value is -1.22. The Balaban J connectivity index is 1.38. The fraction of sp³-hybridized carbons (Fsp3) is 0.611. The van der Waals surface area contributed by atoms with Crippen LogP contribution in [0.25, 0.3) is 0 Å². The van der Waals surface area contributed by atoms with Crippen molar-refractivity contribution in [1.82, 2.24) is 9.62 Å². The van der Waals surface area contributed by atoms with Crippen molar-refractivity contribution in [2.75, 3.05) is 39.3 Å². The van der Waals surface area contributed by atoms with Crippen molar-refractivity contribution in [3.63, 3.8) is 0 Å². The number of sulfonamides is 1. The van der Waals surface area contributed by atoms with Gasteiger partial charge in [0.1, 0.15) is 4.21 Å². The second-order valence-corrected chi connectivity index (χ2v) is 10.1. The van der Waals surface area contributed by atoms with Gasteiger partial charge in [-0.3, -0.25) is 4.79 Å². The summed E-state index contributed by atoms with van der Waals surface area (Å²) in [4.78, 5) is 13.3. The standard InChI is InChI=1S/C18H27N3O3S2/c22-17(19-9-8-16-5-2-1-3-6-16)15-20-10-12-21(13-11-20)26(23,24)18-7-4-14-25-18/h4-5,7,14H,1-3,6,8-13,15H2,(H,19,22)/p+1. The lowest BCUT2D eigenvalue weighted by molar-refractivity contribution is -0.895. The number of rotatable bonds is 7. The van der Waals surface area contributed by atoms with Gasteiger partial charge in [-0.25, -0.2) is 8.42 Å². The van der Waals surface area contributed by atoms with E-state index >= 15 is 0 Å². The first-order valence-electron chi connectivity index (χ1n) is 9.37. The van der Waals surface area contributed by atoms with Crippen molar-refractivity contribution in [2.24, 2.45) is 0 Å². The third-order valence-electron chi connectivity index (χ3n) is 5.08. The molecule has 1 aromatic heterocycles. The molecule has 1 amide bonds. The number of piperazine rings is 1. The molecular weight excluding hydrogens is 370 g/mol. The molecular formula is C18H28N3O3S2+. The van der Waals surface area contributed by atoms with Crippen molar-refractivity contribution in [3.8, 4) is 0 Å². The van der Waals surface area contributed by atoms with Crippen LogP contribution in [-0.4, -0.2) is 57.9 Å². The van der Waals surface area contributed by atoms with Gasteiger partial charge in [-0.15, -0.1) is 11.3 Å². The predicted molar refractivity (Wildman–Crippen MR) is 103 cm³/mol. The maximum Gasteiger partial charge on any atom is 0.275 e. The summed E-state index contributed by atoms with van der Waals surface area (Å²) >= 11 is 1.25. The topological polar surface area (TPSA) is 70.9 Å². The maximum atomic E-state index is 12.5. The second kappa shape index (κ2) is 9.12. The molecule has 26 heavy (non-hydrogen) atoms. The highest BCUT2D eigenvalue weighted by atomic mass is 32.2. The van der Waals surface area contributed by atoms with E-state index in [1.807, 2.05) is 0 Å². The molecule has 1 fully saturated rings. The molecule has 1 aliphatic carbocycles. The number of nitrogens with one attached hydrogen (secondary N) is 2. The van der Waals surface area contributed by atoms with E-state index in [1.54, 1.807) is 17.5 Å². The van der Waals surface area contributed by atoms with E-state index in [0.29, 0.717) is 43.5 Å². The largest absolute Gasteiger partial charge is 0.351 e. The molecule has 2 aliphatic rings. The Morgan fingerprint density at radius 2 is 2.08 bits per heavy atom. The van der Waals surface area contributed by atoms with E-state index in [-0.39, 0.29) is 5.91 Å². The SMILES string of the molecule is O=C(C[NH+]1CCN(S(=O)(=O)c2cccs2)CC1)NCCC1=CCCCC1. The van der Waals surface area contributed by atoms with Gasteiger partial charge >= 0.3 is 0 Å². The van der Waals surface area contributed by atoms with E-state index < -0.39 is 10.0 Å². The monoisotopic (exact) mass is 398 g/mol. The van der Waals surface area contributed by atoms with E-state index in [0.717, 1.165) is 11.3 Å². The minimum Gasteiger partial charge on any atom is -0.351 e. The van der Waals surface area contributed by atoms with Gasteiger partial charge in [0.25, 0.3) is 15.9 Å². The normalized spacial score (nSPS) is 19.9. The van der Waals surface area contributed by atoms with Crippen LogP contribution >= 0.6 is 11.3 Å². The highest BCUT2D eigenvalue weighted by Gasteiger charge is 2.31. The predicted octanol–water partition coefficient (Wildman–Crippen LogP) is 0.644. The van der Waals surface area contributed by atoms with Crippen molar-refractivity contribution in [1.29, 1.82) is 0 Å². The zero-order chi connectivity index (χ0) is 18.4. The molecule has 1 saturated heterocycles. The van der Waals surface area contributed by atoms with E-state index in [4.69, 9.17) is 0 Å². The first-order valence-corrected chi connectivity index (χ1v) is 11.7. The molecule has 1 aliphatic heterocycles. The second-order valence-electron chi connectivity index (χ2n) is 6.97. The van der Waals surface area contributed by atoms with Crippen molar-refractivity contribution >= 4 is 27.3 Å². The smallest absolute Gasteiger partial charge is 0.275 e. The Morgan fingerprint density at radius 1 is 1.27 bits per heavy atom. The molecule has 0 radical (unpaired) electrons. The van der Waals surface area contributed by atoms with E-state index in [1.165, 1.54) is 46.9 Å². The molecule has 0 saturated carbocycles. The minimum absolute atomic E-state index is 0.0611. The molecule has 3 rings (SSSR count). The first kappa shape index (κ1) is 19.5. The highest BCUT2D eigenvalue weighted by Crippen LogP contribution is 2.21. The number of carbonyl (C=O) groups is 1. The summed E-state index contributed by atoms with van der Waals surface area (Å²) in [6, 6.07) is 3.40. The number of allylic oxidation sites excluding steroid dienone is 1. The van der Waals surface area contributed by atoms with Crippen LogP contribution in [-0.2, 0) is 14.8 Å². The number of thiophene rings is 1. The quantitative estimate of drug-likeness (QED) is 0.663. The average Bonchev–Trinajstić information content (AvgIpc) is 3.19. The van der Waals surface area contributed by atoms with E-state index in [9.17, 15) is 13.2 Å². The minimum atomic E-state index is -3.37. The molecule has 0 atom stereocenters. The van der Waals surface area contributed by atoms with Crippen molar-refractivity contribution in [2.45, 2.75) is 36.3 Å². The van der Waals surface area contributed by atoms with Gasteiger partial charge in [-0.1, -0.05) is 17.7 Å². The number of carbonyl (C=O) groups excluding carboxylic acids is 1. The van der Waals surface area contributed by atoms with Crippen LogP contribution in [0.5, 0.6) is 0 Å². The fourth-order valence-electron chi connectivity index (χ4n) is 3.54. The van der Waals surface area contributed by atoms with Gasteiger partial charge in [-0.2, -0.15) is 4.31 Å². The van der Waals surface area contributed by atoms with Crippen LogP contribution < -0.4 is 10.2 Å². The lowest BCUT2D eigenvalue weighted by Gasteiger charge is -2.30. The lowest BCUT2D eigenvalue weighted by atomic mass is 9.97. The molecule has 6 nitrogen and oxygen atoms in total. The summed E-state index contributed by atoms with van der Waals surface area (Å²) in [6.45, 7) is 3.40. The third-order valence-corrected chi connectivity index (χ3v) is 8.35. The average molecular weight is 399 g/mol. The van der Waals surface area contributed by atoms with Crippen LogP contribution in [0.2, 0.25) is 0 Å². The van der Waals surface area contributed by atoms with Crippen LogP contribution in [0.15, 0.2) is 33.4 Å². The number of quaternary nitrogens is 1. The van der Waals surface area contributed by atoms with Crippen molar-refractivity contribution < 1.29 is 18.1 Å². The number of hydrogen-bond acceptors (Lipinski definition) is 4. The molecule has 0 unspecified atom stereocenters. The van der Waals surface area contributed by atoms with Gasteiger partial charge in [0.2, 0.25) is 0 Å². The molecule has 0 spiro atoms. The Bertz CT molecular complexity index is 721. The molecule has 1 aromatic rings. The summed E-state index contributed by atoms with van der Waals surface area (Å²) in [6.07, 6.45) is 8.16. The molecule has 2 N–H and O–H groups in total. The zero-order valence-corrected chi connectivity index (χ0v) is 16.7. The number of nitrogens with zero attached hydrogens (tertiary/aromatic N) is 1. The maximum absolute atomic E-state index is 12.5. The van der Waals surface area contributed by atoms with Crippen LogP contribution in [0.3, 0.4) is 0 Å². The highest BCUT2D eigenvalue weighted by molar-refractivity contribution is 7.91. The van der Waals surface area contributed by atoms with Gasteiger partial charge < -0.3 is 10.2 Å². The fourth-order valence-corrected chi connectivity index (χ4v) is 6.13. The molecule has 0 aromatic carbocycles. The first-order chi connectivity index (χ1) is 12.6. The number of amides is 1. The van der Waals surface area contributed by atoms with Gasteiger partial charge in [0.05, 0.1) is 26.2 Å². The van der Waals surface area contributed by atoms with Crippen molar-refractivity contribution in [3.05, 3.63) is 29.2 Å². The number of hydrogen-bond donors (Lipinski definition) is 2.